The van der Waals surface area contributed by atoms with Gasteiger partial charge in [0.05, 0.1) is 5.02 Å². The Kier molecular flexibility index (Phi) is 4.35. The van der Waals surface area contributed by atoms with E-state index in [0.717, 1.165) is 17.8 Å². The Hall–Kier alpha value is -1.65. The molecule has 2 aromatic rings. The number of hydrogen-bond acceptors (Lipinski definition) is 3. The molecule has 0 fully saturated rings. The Balaban J connectivity index is 2.27. The van der Waals surface area contributed by atoms with E-state index in [2.05, 4.69) is 10.3 Å². The van der Waals surface area contributed by atoms with Gasteiger partial charge in [-0.1, -0.05) is 11.6 Å². The van der Waals surface area contributed by atoms with Crippen LogP contribution in [0.25, 0.3) is 0 Å². The zero-order chi connectivity index (χ0) is 13.8. The van der Waals surface area contributed by atoms with Gasteiger partial charge in [0.1, 0.15) is 11.6 Å². The van der Waals surface area contributed by atoms with Crippen LogP contribution in [0.4, 0.5) is 4.39 Å². The molecule has 0 bridgehead atoms. The van der Waals surface area contributed by atoms with Crippen LogP contribution in [-0.4, -0.2) is 12.0 Å². The lowest BCUT2D eigenvalue weighted by atomic mass is 10.2. The van der Waals surface area contributed by atoms with Gasteiger partial charge in [0.2, 0.25) is 5.88 Å². The van der Waals surface area contributed by atoms with Gasteiger partial charge in [0.15, 0.2) is 0 Å². The van der Waals surface area contributed by atoms with E-state index < -0.39 is 5.82 Å². The topological polar surface area (TPSA) is 34.2 Å². The van der Waals surface area contributed by atoms with E-state index in [4.69, 9.17) is 16.3 Å². The first-order chi connectivity index (χ1) is 9.08. The predicted molar refractivity (Wildman–Crippen MR) is 73.2 cm³/mol. The summed E-state index contributed by atoms with van der Waals surface area (Å²) >= 11 is 5.92. The van der Waals surface area contributed by atoms with Crippen molar-refractivity contribution in [3.63, 3.8) is 0 Å². The number of halogens is 2. The largest absolute Gasteiger partial charge is 0.437 e. The van der Waals surface area contributed by atoms with Crippen LogP contribution in [0.5, 0.6) is 11.6 Å². The molecule has 0 atom stereocenters. The van der Waals surface area contributed by atoms with Gasteiger partial charge in [-0.15, -0.1) is 0 Å². The monoisotopic (exact) mass is 280 g/mol. The maximum Gasteiger partial charge on any atom is 0.219 e. The van der Waals surface area contributed by atoms with Crippen LogP contribution in [0.3, 0.4) is 0 Å². The fourth-order valence-electron chi connectivity index (χ4n) is 1.74. The first-order valence-electron chi connectivity index (χ1n) is 5.83. The number of ether oxygens (including phenoxy) is 1. The highest BCUT2D eigenvalue weighted by atomic mass is 35.5. The smallest absolute Gasteiger partial charge is 0.219 e. The Labute approximate surface area is 116 Å². The van der Waals surface area contributed by atoms with Crippen LogP contribution >= 0.6 is 11.6 Å². The maximum absolute atomic E-state index is 13.0. The number of hydrogen-bond donors (Lipinski definition) is 1. The quantitative estimate of drug-likeness (QED) is 0.927. The molecule has 19 heavy (non-hydrogen) atoms. The molecular formula is C14H14ClFN2O. The number of benzene rings is 1. The summed E-state index contributed by atoms with van der Waals surface area (Å²) in [5, 5.41) is 3.28. The normalized spacial score (nSPS) is 10.5. The summed E-state index contributed by atoms with van der Waals surface area (Å²) in [5.74, 6) is 0.431. The summed E-state index contributed by atoms with van der Waals surface area (Å²) in [6.45, 7) is 2.61. The average molecular weight is 281 g/mol. The van der Waals surface area contributed by atoms with E-state index in [-0.39, 0.29) is 5.02 Å². The highest BCUT2D eigenvalue weighted by Gasteiger charge is 2.07. The van der Waals surface area contributed by atoms with Crippen LogP contribution in [0.1, 0.15) is 11.3 Å². The van der Waals surface area contributed by atoms with Crippen molar-refractivity contribution >= 4 is 11.6 Å². The molecule has 0 amide bonds. The second-order valence-electron chi connectivity index (χ2n) is 4.16. The molecule has 0 aliphatic carbocycles. The molecule has 3 nitrogen and oxygen atoms in total. The van der Waals surface area contributed by atoms with Crippen LogP contribution in [0.15, 0.2) is 30.3 Å². The van der Waals surface area contributed by atoms with Crippen LogP contribution in [-0.2, 0) is 6.54 Å². The number of nitrogens with zero attached hydrogens (tertiary/aromatic N) is 1. The van der Waals surface area contributed by atoms with Gasteiger partial charge in [-0.3, -0.25) is 0 Å². The van der Waals surface area contributed by atoms with Crippen molar-refractivity contribution in [1.82, 2.24) is 10.3 Å². The van der Waals surface area contributed by atoms with Crippen molar-refractivity contribution < 1.29 is 9.13 Å². The third kappa shape index (κ3) is 3.66. The van der Waals surface area contributed by atoms with Crippen molar-refractivity contribution in [3.8, 4) is 11.6 Å². The lowest BCUT2D eigenvalue weighted by Gasteiger charge is -2.09. The SMILES string of the molecule is CNCc1cc(C)nc(Oc2ccc(F)cc2Cl)c1. The molecule has 2 rings (SSSR count). The fourth-order valence-corrected chi connectivity index (χ4v) is 1.94. The zero-order valence-electron chi connectivity index (χ0n) is 10.7. The van der Waals surface area contributed by atoms with Crippen molar-refractivity contribution in [2.45, 2.75) is 13.5 Å². The lowest BCUT2D eigenvalue weighted by Crippen LogP contribution is -2.06. The number of aryl methyl sites for hydroxylation is 1. The molecular weight excluding hydrogens is 267 g/mol. The first-order valence-corrected chi connectivity index (χ1v) is 6.21. The molecule has 0 aliphatic heterocycles. The second-order valence-corrected chi connectivity index (χ2v) is 4.57. The van der Waals surface area contributed by atoms with Gasteiger partial charge in [-0.05, 0) is 43.8 Å². The van der Waals surface area contributed by atoms with Gasteiger partial charge in [-0.2, -0.15) is 0 Å². The third-order valence-corrected chi connectivity index (χ3v) is 2.77. The molecule has 5 heteroatoms. The summed E-state index contributed by atoms with van der Waals surface area (Å²) in [5.41, 5.74) is 1.91. The highest BCUT2D eigenvalue weighted by Crippen LogP contribution is 2.29. The maximum atomic E-state index is 13.0. The summed E-state index contributed by atoms with van der Waals surface area (Å²) in [6, 6.07) is 7.78. The minimum Gasteiger partial charge on any atom is -0.437 e. The van der Waals surface area contributed by atoms with Crippen LogP contribution in [0.2, 0.25) is 5.02 Å². The molecule has 1 aromatic carbocycles. The molecule has 0 unspecified atom stereocenters. The van der Waals surface area contributed by atoms with Gasteiger partial charge in [0, 0.05) is 18.3 Å². The summed E-state index contributed by atoms with van der Waals surface area (Å²) in [6.07, 6.45) is 0. The van der Waals surface area contributed by atoms with Crippen molar-refractivity contribution in [1.29, 1.82) is 0 Å². The molecule has 1 heterocycles. The second kappa shape index (κ2) is 5.99. The number of nitrogens with one attached hydrogen (secondary N) is 1. The Bertz CT molecular complexity index is 590. The first kappa shape index (κ1) is 13.8. The van der Waals surface area contributed by atoms with Gasteiger partial charge in [0.25, 0.3) is 0 Å². The number of rotatable bonds is 4. The highest BCUT2D eigenvalue weighted by molar-refractivity contribution is 6.32. The van der Waals surface area contributed by atoms with E-state index in [9.17, 15) is 4.39 Å². The van der Waals surface area contributed by atoms with E-state index >= 15 is 0 Å². The predicted octanol–water partition coefficient (Wildman–Crippen LogP) is 3.69. The standard InChI is InChI=1S/C14H14ClFN2O/c1-9-5-10(8-17-2)6-14(18-9)19-13-4-3-11(16)7-12(13)15/h3-7,17H,8H2,1-2H3. The van der Waals surface area contributed by atoms with Crippen LogP contribution in [0, 0.1) is 12.7 Å². The van der Waals surface area contributed by atoms with Crippen LogP contribution < -0.4 is 10.1 Å². The average Bonchev–Trinajstić information content (AvgIpc) is 2.32. The molecule has 0 saturated heterocycles. The molecule has 100 valence electrons. The molecule has 1 N–H and O–H groups in total. The van der Waals surface area contributed by atoms with Crippen molar-refractivity contribution in [2.24, 2.45) is 0 Å². The number of pyridine rings is 1. The van der Waals surface area contributed by atoms with Crippen molar-refractivity contribution in [2.75, 3.05) is 7.05 Å². The molecule has 0 radical (unpaired) electrons. The lowest BCUT2D eigenvalue weighted by molar-refractivity contribution is 0.459. The summed E-state index contributed by atoms with van der Waals surface area (Å²) in [7, 11) is 1.87. The molecule has 0 aliphatic rings. The van der Waals surface area contributed by atoms with E-state index in [1.54, 1.807) is 0 Å². The summed E-state index contributed by atoms with van der Waals surface area (Å²) in [4.78, 5) is 4.27. The minimum atomic E-state index is -0.398. The van der Waals surface area contributed by atoms with E-state index in [1.807, 2.05) is 26.1 Å². The third-order valence-electron chi connectivity index (χ3n) is 2.48. The van der Waals surface area contributed by atoms with E-state index in [1.165, 1.54) is 18.2 Å². The fraction of sp³-hybridized carbons (Fsp3) is 0.214. The number of aromatic nitrogens is 1. The van der Waals surface area contributed by atoms with Crippen molar-refractivity contribution in [3.05, 3.63) is 52.4 Å². The molecule has 0 saturated carbocycles. The Morgan fingerprint density at radius 1 is 1.32 bits per heavy atom. The molecule has 1 aromatic heterocycles. The van der Waals surface area contributed by atoms with E-state index in [0.29, 0.717) is 11.6 Å². The van der Waals surface area contributed by atoms with Gasteiger partial charge in [-0.25, -0.2) is 9.37 Å². The summed E-state index contributed by atoms with van der Waals surface area (Å²) < 4.78 is 18.5. The van der Waals surface area contributed by atoms with Gasteiger partial charge >= 0.3 is 0 Å². The Morgan fingerprint density at radius 3 is 2.79 bits per heavy atom. The zero-order valence-corrected chi connectivity index (χ0v) is 11.5. The molecule has 0 spiro atoms. The van der Waals surface area contributed by atoms with Gasteiger partial charge < -0.3 is 10.1 Å². The minimum absolute atomic E-state index is 0.221. The Morgan fingerprint density at radius 2 is 2.11 bits per heavy atom.